The highest BCUT2D eigenvalue weighted by Gasteiger charge is 1.83. The van der Waals surface area contributed by atoms with Crippen molar-refractivity contribution in [3.63, 3.8) is 0 Å². The molecule has 0 aliphatic carbocycles. The maximum atomic E-state index is 9.66. The van der Waals surface area contributed by atoms with E-state index in [9.17, 15) is 5.11 Å². The highest BCUT2D eigenvalue weighted by molar-refractivity contribution is 4.40. The molecular weight excluding hydrogens is 104 g/mol. The molecule has 48 valence electrons. The largest absolute Gasteiger partial charge is 0.352 e. The van der Waals surface area contributed by atoms with E-state index in [0.717, 1.165) is 19.3 Å². The zero-order chi connectivity index (χ0) is 6.24. The van der Waals surface area contributed by atoms with Gasteiger partial charge in [-0.25, -0.2) is 5.11 Å². The predicted molar refractivity (Wildman–Crippen MR) is 30.7 cm³/mol. The summed E-state index contributed by atoms with van der Waals surface area (Å²) in [4.78, 5) is 0. The van der Waals surface area contributed by atoms with Gasteiger partial charge < -0.3 is 4.74 Å². The van der Waals surface area contributed by atoms with Crippen molar-refractivity contribution >= 4 is 0 Å². The van der Waals surface area contributed by atoms with Crippen molar-refractivity contribution in [3.8, 4) is 0 Å². The van der Waals surface area contributed by atoms with Crippen molar-refractivity contribution in [1.29, 1.82) is 0 Å². The van der Waals surface area contributed by atoms with Gasteiger partial charge in [0.15, 0.2) is 6.79 Å². The smallest absolute Gasteiger partial charge is 0.180 e. The van der Waals surface area contributed by atoms with E-state index in [2.05, 4.69) is 11.7 Å². The maximum absolute atomic E-state index is 9.66. The van der Waals surface area contributed by atoms with Crippen LogP contribution in [0, 0.1) is 6.92 Å². The number of rotatable bonds is 5. The van der Waals surface area contributed by atoms with Crippen LogP contribution in [0.3, 0.4) is 0 Å². The Bertz CT molecular complexity index is 31.5. The second-order valence-electron chi connectivity index (χ2n) is 1.59. The summed E-state index contributed by atoms with van der Waals surface area (Å²) >= 11 is 0. The third kappa shape index (κ3) is 5.92. The van der Waals surface area contributed by atoms with Gasteiger partial charge in [0.05, 0.1) is 0 Å². The third-order valence-electron chi connectivity index (χ3n) is 0.872. The molecule has 2 heteroatoms. The fraction of sp³-hybridized carbons (Fsp3) is 0.833. The third-order valence-corrected chi connectivity index (χ3v) is 0.872. The van der Waals surface area contributed by atoms with Gasteiger partial charge in [-0.05, 0) is 6.42 Å². The zero-order valence-electron chi connectivity index (χ0n) is 5.06. The summed E-state index contributed by atoms with van der Waals surface area (Å²) in [6.07, 6.45) is 2.95. The van der Waals surface area contributed by atoms with E-state index in [0.29, 0.717) is 6.61 Å². The van der Waals surface area contributed by atoms with Gasteiger partial charge in [0.1, 0.15) is 0 Å². The minimum Gasteiger partial charge on any atom is -0.352 e. The van der Waals surface area contributed by atoms with E-state index >= 15 is 0 Å². The molecule has 0 heterocycles. The van der Waals surface area contributed by atoms with Gasteiger partial charge in [0, 0.05) is 6.61 Å². The lowest BCUT2D eigenvalue weighted by Gasteiger charge is -1.95. The first-order valence-electron chi connectivity index (χ1n) is 2.87. The fourth-order valence-corrected chi connectivity index (χ4v) is 0.440. The minimum absolute atomic E-state index is 0.406. The van der Waals surface area contributed by atoms with Crippen LogP contribution in [-0.4, -0.2) is 13.4 Å². The lowest BCUT2D eigenvalue weighted by atomic mass is 10.3. The van der Waals surface area contributed by atoms with Crippen molar-refractivity contribution in [1.82, 2.24) is 0 Å². The van der Waals surface area contributed by atoms with E-state index in [1.54, 1.807) is 0 Å². The molecule has 0 saturated carbocycles. The van der Waals surface area contributed by atoms with Crippen LogP contribution in [0.15, 0.2) is 0 Å². The molecule has 0 bridgehead atoms. The quantitative estimate of drug-likeness (QED) is 0.394. The highest BCUT2D eigenvalue weighted by Crippen LogP contribution is 1.92. The molecule has 0 spiro atoms. The number of hydrogen-bond acceptors (Lipinski definition) is 1. The summed E-state index contributed by atoms with van der Waals surface area (Å²) in [5.74, 6) is 0. The van der Waals surface area contributed by atoms with E-state index in [1.807, 2.05) is 0 Å². The Morgan fingerprint density at radius 2 is 2.12 bits per heavy atom. The van der Waals surface area contributed by atoms with Crippen LogP contribution in [-0.2, 0) is 9.84 Å². The molecule has 0 aromatic heterocycles. The Morgan fingerprint density at radius 1 is 1.38 bits per heavy atom. The normalized spacial score (nSPS) is 9.75. The summed E-state index contributed by atoms with van der Waals surface area (Å²) in [5.41, 5.74) is 0. The maximum Gasteiger partial charge on any atom is 0.180 e. The molecule has 0 aliphatic heterocycles. The monoisotopic (exact) mass is 116 g/mol. The first-order chi connectivity index (χ1) is 3.91. The molecule has 0 unspecified atom stereocenters. The molecule has 0 N–H and O–H groups in total. The lowest BCUT2D eigenvalue weighted by molar-refractivity contribution is -0.0445. The van der Waals surface area contributed by atoms with Crippen molar-refractivity contribution in [2.45, 2.75) is 19.3 Å². The van der Waals surface area contributed by atoms with Gasteiger partial charge in [0.25, 0.3) is 0 Å². The molecular formula is C6H12O2. The van der Waals surface area contributed by atoms with Crippen LogP contribution in [0.2, 0.25) is 0 Å². The minimum atomic E-state index is -0.406. The Morgan fingerprint density at radius 3 is 2.62 bits per heavy atom. The van der Waals surface area contributed by atoms with Crippen LogP contribution in [0.25, 0.3) is 0 Å². The summed E-state index contributed by atoms with van der Waals surface area (Å²) < 4.78 is 4.55. The number of unbranched alkanes of at least 4 members (excludes halogenated alkanes) is 2. The summed E-state index contributed by atoms with van der Waals surface area (Å²) in [6, 6.07) is 0. The van der Waals surface area contributed by atoms with E-state index in [4.69, 9.17) is 0 Å². The van der Waals surface area contributed by atoms with Crippen LogP contribution in [0.1, 0.15) is 19.3 Å². The molecule has 0 aromatic carbocycles. The first-order valence-corrected chi connectivity index (χ1v) is 2.87. The zero-order valence-corrected chi connectivity index (χ0v) is 5.06. The molecule has 0 rings (SSSR count). The first kappa shape index (κ1) is 7.92. The van der Waals surface area contributed by atoms with Gasteiger partial charge in [-0.1, -0.05) is 19.8 Å². The van der Waals surface area contributed by atoms with Crippen LogP contribution >= 0.6 is 0 Å². The second-order valence-corrected chi connectivity index (χ2v) is 1.59. The average molecular weight is 116 g/mol. The molecule has 8 heavy (non-hydrogen) atoms. The summed E-state index contributed by atoms with van der Waals surface area (Å²) in [7, 11) is 0. The van der Waals surface area contributed by atoms with Gasteiger partial charge in [-0.2, -0.15) is 0 Å². The van der Waals surface area contributed by atoms with Gasteiger partial charge in [-0.15, -0.1) is 0 Å². The fourth-order valence-electron chi connectivity index (χ4n) is 0.440. The standard InChI is InChI=1S/C6H12O2/c1-2-3-4-5-8-6-7/h1-6H2. The molecule has 0 atom stereocenters. The lowest BCUT2D eigenvalue weighted by Crippen LogP contribution is -1.93. The molecule has 0 aliphatic rings. The average Bonchev–Trinajstić information content (AvgIpc) is 1.81. The van der Waals surface area contributed by atoms with Crippen LogP contribution in [0.5, 0.6) is 0 Å². The topological polar surface area (TPSA) is 29.1 Å². The Kier molecular flexibility index (Phi) is 6.85. The van der Waals surface area contributed by atoms with E-state index < -0.39 is 6.79 Å². The molecule has 0 aromatic rings. The Hall–Kier alpha value is -0.0800. The molecule has 2 nitrogen and oxygen atoms in total. The van der Waals surface area contributed by atoms with Crippen LogP contribution in [0.4, 0.5) is 0 Å². The van der Waals surface area contributed by atoms with Crippen molar-refractivity contribution in [2.75, 3.05) is 13.4 Å². The number of ether oxygens (including phenoxy) is 1. The molecule has 2 radical (unpaired) electrons. The highest BCUT2D eigenvalue weighted by atomic mass is 16.6. The Labute approximate surface area is 50.5 Å². The Balaban J connectivity index is 2.53. The molecule has 0 fully saturated rings. The van der Waals surface area contributed by atoms with Gasteiger partial charge in [0.2, 0.25) is 0 Å². The van der Waals surface area contributed by atoms with Crippen LogP contribution < -0.4 is 0 Å². The predicted octanol–water partition coefficient (Wildman–Crippen LogP) is 1.40. The second kappa shape index (κ2) is 6.92. The summed E-state index contributed by atoms with van der Waals surface area (Å²) in [5, 5.41) is 9.66. The van der Waals surface area contributed by atoms with E-state index in [1.165, 1.54) is 0 Å². The van der Waals surface area contributed by atoms with Gasteiger partial charge in [-0.3, -0.25) is 0 Å². The summed E-state index contributed by atoms with van der Waals surface area (Å²) in [6.45, 7) is 3.84. The van der Waals surface area contributed by atoms with Gasteiger partial charge >= 0.3 is 0 Å². The van der Waals surface area contributed by atoms with Crippen molar-refractivity contribution in [2.24, 2.45) is 0 Å². The number of hydrogen-bond donors (Lipinski definition) is 0. The molecule has 0 amide bonds. The van der Waals surface area contributed by atoms with Crippen molar-refractivity contribution in [3.05, 3.63) is 6.92 Å². The molecule has 0 saturated heterocycles. The van der Waals surface area contributed by atoms with E-state index in [-0.39, 0.29) is 0 Å². The SMILES string of the molecule is [CH2]CCCCOC[O]. The van der Waals surface area contributed by atoms with Crippen molar-refractivity contribution < 1.29 is 9.84 Å².